The molecular weight excluding hydrogens is 215 g/mol. The lowest BCUT2D eigenvalue weighted by molar-refractivity contribution is 0.00502. The van der Waals surface area contributed by atoms with Gasteiger partial charge in [0.15, 0.2) is 0 Å². The molecule has 0 saturated heterocycles. The fourth-order valence-electron chi connectivity index (χ4n) is 0.626. The summed E-state index contributed by atoms with van der Waals surface area (Å²) in [6, 6.07) is 0. The molecule has 4 nitrogen and oxygen atoms in total. The molecule has 0 aromatic carbocycles. The fraction of sp³-hybridized carbons (Fsp3) is 1.00. The third kappa shape index (κ3) is 10.4. The molecule has 0 fully saturated rings. The van der Waals surface area contributed by atoms with Crippen molar-refractivity contribution in [1.29, 1.82) is 0 Å². The SMILES string of the molecule is CC(C)(C)OCP(=O)(O)COC(C)(C)C. The van der Waals surface area contributed by atoms with Gasteiger partial charge in [0.2, 0.25) is 7.37 Å². The zero-order chi connectivity index (χ0) is 12.3. The molecule has 0 aromatic rings. The summed E-state index contributed by atoms with van der Waals surface area (Å²) < 4.78 is 22.1. The molecule has 0 atom stereocenters. The van der Waals surface area contributed by atoms with Crippen molar-refractivity contribution < 1.29 is 18.9 Å². The van der Waals surface area contributed by atoms with E-state index < -0.39 is 18.6 Å². The van der Waals surface area contributed by atoms with Gasteiger partial charge >= 0.3 is 0 Å². The van der Waals surface area contributed by atoms with Crippen molar-refractivity contribution in [3.05, 3.63) is 0 Å². The topological polar surface area (TPSA) is 55.8 Å². The molecule has 0 radical (unpaired) electrons. The van der Waals surface area contributed by atoms with Crippen molar-refractivity contribution in [3.63, 3.8) is 0 Å². The normalized spacial score (nSPS) is 14.3. The molecule has 0 spiro atoms. The van der Waals surface area contributed by atoms with E-state index in [0.717, 1.165) is 0 Å². The lowest BCUT2D eigenvalue weighted by Crippen LogP contribution is -2.23. The summed E-state index contributed by atoms with van der Waals surface area (Å²) in [5.41, 5.74) is -0.805. The van der Waals surface area contributed by atoms with Crippen LogP contribution in [0.1, 0.15) is 41.5 Å². The molecule has 92 valence electrons. The molecule has 0 heterocycles. The van der Waals surface area contributed by atoms with Gasteiger partial charge in [0.1, 0.15) is 12.7 Å². The van der Waals surface area contributed by atoms with E-state index in [4.69, 9.17) is 9.47 Å². The highest BCUT2D eigenvalue weighted by Gasteiger charge is 2.25. The molecular formula is C10H23O4P. The lowest BCUT2D eigenvalue weighted by atomic mass is 10.2. The Bertz CT molecular complexity index is 215. The highest BCUT2D eigenvalue weighted by atomic mass is 31.2. The van der Waals surface area contributed by atoms with E-state index in [1.54, 1.807) is 0 Å². The first kappa shape index (κ1) is 15.1. The summed E-state index contributed by atoms with van der Waals surface area (Å²) >= 11 is 0. The summed E-state index contributed by atoms with van der Waals surface area (Å²) in [7, 11) is -3.33. The van der Waals surface area contributed by atoms with Crippen molar-refractivity contribution in [2.24, 2.45) is 0 Å². The molecule has 0 aliphatic heterocycles. The van der Waals surface area contributed by atoms with Crippen LogP contribution in [-0.4, -0.2) is 28.8 Å². The molecule has 0 amide bonds. The highest BCUT2D eigenvalue weighted by Crippen LogP contribution is 2.42. The van der Waals surface area contributed by atoms with Gasteiger partial charge in [-0.1, -0.05) is 0 Å². The summed E-state index contributed by atoms with van der Waals surface area (Å²) in [6.07, 6.45) is -0.320. The number of ether oxygens (including phenoxy) is 2. The Kier molecular flexibility index (Phi) is 5.00. The van der Waals surface area contributed by atoms with Crippen LogP contribution in [0.5, 0.6) is 0 Å². The molecule has 0 unspecified atom stereocenters. The number of hydrogen-bond donors (Lipinski definition) is 1. The molecule has 5 heteroatoms. The first-order valence-corrected chi connectivity index (χ1v) is 7.03. The smallest absolute Gasteiger partial charge is 0.250 e. The minimum Gasteiger partial charge on any atom is -0.366 e. The zero-order valence-electron chi connectivity index (χ0n) is 10.5. The van der Waals surface area contributed by atoms with Crippen LogP contribution in [-0.2, 0) is 14.0 Å². The molecule has 0 saturated carbocycles. The average molecular weight is 238 g/mol. The van der Waals surface area contributed by atoms with Crippen LogP contribution < -0.4 is 0 Å². The summed E-state index contributed by atoms with van der Waals surface area (Å²) in [4.78, 5) is 9.55. The second-order valence-electron chi connectivity index (χ2n) is 5.62. The fourth-order valence-corrected chi connectivity index (χ4v) is 1.88. The largest absolute Gasteiger partial charge is 0.366 e. The Hall–Kier alpha value is 0.110. The first-order chi connectivity index (χ1) is 6.41. The second kappa shape index (κ2) is 4.96. The van der Waals surface area contributed by atoms with E-state index in [-0.39, 0.29) is 12.7 Å². The van der Waals surface area contributed by atoms with Gasteiger partial charge in [0, 0.05) is 0 Å². The van der Waals surface area contributed by atoms with Crippen LogP contribution in [0.2, 0.25) is 0 Å². The monoisotopic (exact) mass is 238 g/mol. The van der Waals surface area contributed by atoms with Gasteiger partial charge in [-0.05, 0) is 41.5 Å². The van der Waals surface area contributed by atoms with Gasteiger partial charge in [-0.2, -0.15) is 0 Å². The quantitative estimate of drug-likeness (QED) is 0.765. The second-order valence-corrected chi connectivity index (χ2v) is 7.83. The van der Waals surface area contributed by atoms with E-state index in [0.29, 0.717) is 0 Å². The summed E-state index contributed by atoms with van der Waals surface area (Å²) in [6.45, 7) is 11.1. The zero-order valence-corrected chi connectivity index (χ0v) is 11.4. The maximum atomic E-state index is 11.6. The Morgan fingerprint density at radius 1 is 0.933 bits per heavy atom. The minimum atomic E-state index is -3.33. The van der Waals surface area contributed by atoms with E-state index >= 15 is 0 Å². The average Bonchev–Trinajstić information content (AvgIpc) is 1.96. The molecule has 15 heavy (non-hydrogen) atoms. The standard InChI is InChI=1S/C10H23O4P/c1-9(2,3)13-7-15(11,12)8-14-10(4,5)6/h7-8H2,1-6H3,(H,11,12). The van der Waals surface area contributed by atoms with Crippen LogP contribution in [0.25, 0.3) is 0 Å². The maximum absolute atomic E-state index is 11.6. The Labute approximate surface area is 92.4 Å². The Morgan fingerprint density at radius 2 is 1.20 bits per heavy atom. The van der Waals surface area contributed by atoms with E-state index in [9.17, 15) is 9.46 Å². The molecule has 0 aliphatic rings. The van der Waals surface area contributed by atoms with Crippen LogP contribution in [0.4, 0.5) is 0 Å². The van der Waals surface area contributed by atoms with Gasteiger partial charge in [-0.25, -0.2) is 0 Å². The highest BCUT2D eigenvalue weighted by molar-refractivity contribution is 7.57. The van der Waals surface area contributed by atoms with Crippen molar-refractivity contribution in [2.45, 2.75) is 52.7 Å². The molecule has 0 rings (SSSR count). The van der Waals surface area contributed by atoms with E-state index in [1.807, 2.05) is 41.5 Å². The summed E-state index contributed by atoms with van der Waals surface area (Å²) in [5, 5.41) is 0. The van der Waals surface area contributed by atoms with Crippen molar-refractivity contribution in [2.75, 3.05) is 12.7 Å². The number of hydrogen-bond acceptors (Lipinski definition) is 3. The minimum absolute atomic E-state index is 0.160. The molecule has 0 aliphatic carbocycles. The van der Waals surface area contributed by atoms with Crippen LogP contribution in [0.15, 0.2) is 0 Å². The molecule has 0 aromatic heterocycles. The van der Waals surface area contributed by atoms with Crippen molar-refractivity contribution >= 4 is 7.37 Å². The van der Waals surface area contributed by atoms with Crippen molar-refractivity contribution in [1.82, 2.24) is 0 Å². The number of rotatable bonds is 4. The van der Waals surface area contributed by atoms with Gasteiger partial charge < -0.3 is 14.4 Å². The third-order valence-electron chi connectivity index (χ3n) is 1.40. The Balaban J connectivity index is 4.04. The molecule has 0 bridgehead atoms. The van der Waals surface area contributed by atoms with Crippen LogP contribution >= 0.6 is 7.37 Å². The third-order valence-corrected chi connectivity index (χ3v) is 2.46. The predicted molar refractivity (Wildman–Crippen MR) is 61.2 cm³/mol. The van der Waals surface area contributed by atoms with Gasteiger partial charge in [0.25, 0.3) is 0 Å². The predicted octanol–water partition coefficient (Wildman–Crippen LogP) is 2.80. The van der Waals surface area contributed by atoms with Gasteiger partial charge in [-0.15, -0.1) is 0 Å². The van der Waals surface area contributed by atoms with Crippen LogP contribution in [0, 0.1) is 0 Å². The lowest BCUT2D eigenvalue weighted by Gasteiger charge is -2.25. The van der Waals surface area contributed by atoms with E-state index in [2.05, 4.69) is 0 Å². The van der Waals surface area contributed by atoms with E-state index in [1.165, 1.54) is 0 Å². The van der Waals surface area contributed by atoms with Gasteiger partial charge in [0.05, 0.1) is 11.2 Å². The van der Waals surface area contributed by atoms with Gasteiger partial charge in [-0.3, -0.25) is 4.57 Å². The van der Waals surface area contributed by atoms with Crippen LogP contribution in [0.3, 0.4) is 0 Å². The molecule has 1 N–H and O–H groups in total. The summed E-state index contributed by atoms with van der Waals surface area (Å²) in [5.74, 6) is 0. The maximum Gasteiger partial charge on any atom is 0.250 e. The first-order valence-electron chi connectivity index (χ1n) is 5.00. The Morgan fingerprint density at radius 3 is 1.40 bits per heavy atom. The van der Waals surface area contributed by atoms with Crippen molar-refractivity contribution in [3.8, 4) is 0 Å².